The van der Waals surface area contributed by atoms with Crippen LogP contribution in [-0.2, 0) is 4.79 Å². The first-order valence-corrected chi connectivity index (χ1v) is 10.8. The molecule has 0 aliphatic rings. The van der Waals surface area contributed by atoms with E-state index >= 15 is 0 Å². The minimum atomic E-state index is -0.338. The van der Waals surface area contributed by atoms with Gasteiger partial charge in [0.15, 0.2) is 6.61 Å². The van der Waals surface area contributed by atoms with E-state index in [0.29, 0.717) is 22.7 Å². The Hall–Kier alpha value is -3.12. The molecular weight excluding hydrogens is 456 g/mol. The van der Waals surface area contributed by atoms with Crippen molar-refractivity contribution < 1.29 is 14.3 Å². The van der Waals surface area contributed by atoms with Crippen LogP contribution in [0.4, 0.5) is 11.4 Å². The summed E-state index contributed by atoms with van der Waals surface area (Å²) in [6.07, 6.45) is 0. The highest BCUT2D eigenvalue weighted by atomic mass is 79.9. The highest BCUT2D eigenvalue weighted by molar-refractivity contribution is 9.10. The van der Waals surface area contributed by atoms with Crippen molar-refractivity contribution in [3.63, 3.8) is 0 Å². The molecule has 31 heavy (non-hydrogen) atoms. The van der Waals surface area contributed by atoms with Gasteiger partial charge in [-0.2, -0.15) is 0 Å². The first kappa shape index (κ1) is 22.6. The molecule has 3 aromatic carbocycles. The van der Waals surface area contributed by atoms with Gasteiger partial charge in [0.2, 0.25) is 0 Å². The van der Waals surface area contributed by atoms with Crippen LogP contribution in [0.5, 0.6) is 5.75 Å². The van der Waals surface area contributed by atoms with Crippen LogP contribution in [0.1, 0.15) is 41.3 Å². The molecule has 6 heteroatoms. The summed E-state index contributed by atoms with van der Waals surface area (Å²) in [5.74, 6) is 0.294. The molecule has 0 aliphatic heterocycles. The van der Waals surface area contributed by atoms with Gasteiger partial charge in [0, 0.05) is 10.2 Å². The number of nitrogens with one attached hydrogen (secondary N) is 2. The van der Waals surface area contributed by atoms with E-state index in [-0.39, 0.29) is 24.3 Å². The van der Waals surface area contributed by atoms with Crippen molar-refractivity contribution in [2.45, 2.75) is 26.7 Å². The van der Waals surface area contributed by atoms with Crippen LogP contribution in [0.2, 0.25) is 0 Å². The number of ether oxygens (including phenoxy) is 1. The number of hydrogen-bond donors (Lipinski definition) is 2. The normalized spacial score (nSPS) is 10.6. The van der Waals surface area contributed by atoms with Crippen LogP contribution in [0, 0.1) is 6.92 Å². The number of aryl methyl sites for hydroxylation is 1. The largest absolute Gasteiger partial charge is 0.483 e. The first-order valence-electron chi connectivity index (χ1n) is 10.0. The van der Waals surface area contributed by atoms with Gasteiger partial charge in [-0.25, -0.2) is 0 Å². The number of halogens is 1. The second kappa shape index (κ2) is 10.3. The van der Waals surface area contributed by atoms with E-state index < -0.39 is 0 Å². The van der Waals surface area contributed by atoms with E-state index in [9.17, 15) is 9.59 Å². The number of para-hydroxylation sites is 2. The highest BCUT2D eigenvalue weighted by Gasteiger charge is 2.15. The zero-order chi connectivity index (χ0) is 22.4. The van der Waals surface area contributed by atoms with E-state index in [0.717, 1.165) is 15.6 Å². The molecule has 2 amide bonds. The second-order valence-corrected chi connectivity index (χ2v) is 8.35. The zero-order valence-corrected chi connectivity index (χ0v) is 19.3. The van der Waals surface area contributed by atoms with Gasteiger partial charge in [-0.1, -0.05) is 60.1 Å². The van der Waals surface area contributed by atoms with Gasteiger partial charge in [-0.15, -0.1) is 0 Å². The molecule has 3 rings (SSSR count). The number of rotatable bonds is 7. The van der Waals surface area contributed by atoms with Crippen LogP contribution in [0.15, 0.2) is 71.2 Å². The zero-order valence-electron chi connectivity index (χ0n) is 17.7. The van der Waals surface area contributed by atoms with Crippen molar-refractivity contribution >= 4 is 39.1 Å². The molecule has 3 aromatic rings. The fraction of sp³-hybridized carbons (Fsp3) is 0.200. The average Bonchev–Trinajstić information content (AvgIpc) is 2.75. The van der Waals surface area contributed by atoms with Crippen LogP contribution in [0.25, 0.3) is 0 Å². The lowest BCUT2D eigenvalue weighted by Gasteiger charge is -2.16. The van der Waals surface area contributed by atoms with Gasteiger partial charge in [0.25, 0.3) is 11.8 Å². The van der Waals surface area contributed by atoms with Crippen LogP contribution < -0.4 is 15.4 Å². The molecule has 0 unspecified atom stereocenters. The molecule has 0 aromatic heterocycles. The van der Waals surface area contributed by atoms with Gasteiger partial charge in [0.1, 0.15) is 5.75 Å². The first-order chi connectivity index (χ1) is 14.8. The Bertz CT molecular complexity index is 1080. The monoisotopic (exact) mass is 480 g/mol. The van der Waals surface area contributed by atoms with Crippen LogP contribution >= 0.6 is 15.9 Å². The molecule has 160 valence electrons. The number of amides is 2. The molecule has 0 atom stereocenters. The molecule has 0 spiro atoms. The maximum atomic E-state index is 12.7. The highest BCUT2D eigenvalue weighted by Crippen LogP contribution is 2.32. The number of hydrogen-bond acceptors (Lipinski definition) is 3. The van der Waals surface area contributed by atoms with Crippen molar-refractivity contribution in [3.05, 3.63) is 87.9 Å². The summed E-state index contributed by atoms with van der Waals surface area (Å²) >= 11 is 3.55. The van der Waals surface area contributed by atoms with Crippen molar-refractivity contribution in [1.82, 2.24) is 0 Å². The Morgan fingerprint density at radius 3 is 2.35 bits per heavy atom. The lowest BCUT2D eigenvalue weighted by atomic mass is 10.0. The van der Waals surface area contributed by atoms with E-state index in [4.69, 9.17) is 4.74 Å². The average molecular weight is 481 g/mol. The lowest BCUT2D eigenvalue weighted by Crippen LogP contribution is -2.23. The Morgan fingerprint density at radius 1 is 0.968 bits per heavy atom. The third kappa shape index (κ3) is 5.95. The predicted octanol–water partition coefficient (Wildman–Crippen LogP) is 6.15. The summed E-state index contributed by atoms with van der Waals surface area (Å²) in [5.41, 5.74) is 3.54. The smallest absolute Gasteiger partial charge is 0.262 e. The summed E-state index contributed by atoms with van der Waals surface area (Å²) in [4.78, 5) is 25.3. The van der Waals surface area contributed by atoms with E-state index in [1.165, 1.54) is 0 Å². The number of anilines is 2. The molecular formula is C25H25BrN2O3. The Balaban J connectivity index is 1.69. The van der Waals surface area contributed by atoms with E-state index in [1.807, 2.05) is 37.3 Å². The van der Waals surface area contributed by atoms with Crippen molar-refractivity contribution in [2.24, 2.45) is 0 Å². The molecule has 0 saturated carbocycles. The molecule has 0 fully saturated rings. The van der Waals surface area contributed by atoms with Gasteiger partial charge < -0.3 is 15.4 Å². The summed E-state index contributed by atoms with van der Waals surface area (Å²) in [5, 5.41) is 5.62. The standard InChI is InChI=1S/C25H25BrN2O3/c1-16(2)20-14-21(26)17(3)13-23(20)31-15-24(29)28-22-12-8-7-11-19(22)25(30)27-18-9-5-4-6-10-18/h4-14,16H,15H2,1-3H3,(H,27,30)(H,28,29). The lowest BCUT2D eigenvalue weighted by molar-refractivity contribution is -0.118. The Kier molecular flexibility index (Phi) is 7.47. The van der Waals surface area contributed by atoms with Crippen molar-refractivity contribution in [2.75, 3.05) is 17.2 Å². The fourth-order valence-electron chi connectivity index (χ4n) is 3.09. The fourth-order valence-corrected chi connectivity index (χ4v) is 3.45. The predicted molar refractivity (Wildman–Crippen MR) is 128 cm³/mol. The second-order valence-electron chi connectivity index (χ2n) is 7.50. The maximum Gasteiger partial charge on any atom is 0.262 e. The van der Waals surface area contributed by atoms with Crippen molar-refractivity contribution in [3.8, 4) is 5.75 Å². The Morgan fingerprint density at radius 2 is 1.65 bits per heavy atom. The van der Waals surface area contributed by atoms with E-state index in [2.05, 4.69) is 40.4 Å². The molecule has 2 N–H and O–H groups in total. The molecule has 0 aliphatic carbocycles. The van der Waals surface area contributed by atoms with Gasteiger partial charge >= 0.3 is 0 Å². The SMILES string of the molecule is Cc1cc(OCC(=O)Nc2ccccc2C(=O)Nc2ccccc2)c(C(C)C)cc1Br. The summed E-state index contributed by atoms with van der Waals surface area (Å²) < 4.78 is 6.84. The molecule has 0 bridgehead atoms. The minimum absolute atomic E-state index is 0.157. The number of benzene rings is 3. The van der Waals surface area contributed by atoms with Gasteiger partial charge in [-0.05, 0) is 60.4 Å². The molecule has 0 heterocycles. The molecule has 0 saturated heterocycles. The Labute approximate surface area is 191 Å². The molecule has 5 nitrogen and oxygen atoms in total. The summed E-state index contributed by atoms with van der Waals surface area (Å²) in [7, 11) is 0. The maximum absolute atomic E-state index is 12.7. The third-order valence-electron chi connectivity index (χ3n) is 4.75. The topological polar surface area (TPSA) is 67.4 Å². The van der Waals surface area contributed by atoms with Gasteiger partial charge in [-0.3, -0.25) is 9.59 Å². The van der Waals surface area contributed by atoms with Crippen molar-refractivity contribution in [1.29, 1.82) is 0 Å². The minimum Gasteiger partial charge on any atom is -0.483 e. The third-order valence-corrected chi connectivity index (χ3v) is 5.60. The molecule has 0 radical (unpaired) electrons. The van der Waals surface area contributed by atoms with Crippen LogP contribution in [0.3, 0.4) is 0 Å². The number of carbonyl (C=O) groups is 2. The number of carbonyl (C=O) groups excluding carboxylic acids is 2. The van der Waals surface area contributed by atoms with E-state index in [1.54, 1.807) is 36.4 Å². The summed E-state index contributed by atoms with van der Waals surface area (Å²) in [6.45, 7) is 5.97. The van der Waals surface area contributed by atoms with Crippen LogP contribution in [-0.4, -0.2) is 18.4 Å². The quantitative estimate of drug-likeness (QED) is 0.425. The summed E-state index contributed by atoms with van der Waals surface area (Å²) in [6, 6.07) is 20.0. The van der Waals surface area contributed by atoms with Gasteiger partial charge in [0.05, 0.1) is 11.3 Å².